The molecule has 1 unspecified atom stereocenters. The number of carbonyl (C=O) groups is 1. The van der Waals surface area contributed by atoms with E-state index < -0.39 is 24.0 Å². The Labute approximate surface area is 133 Å². The highest BCUT2D eigenvalue weighted by molar-refractivity contribution is 5.89. The van der Waals surface area contributed by atoms with Crippen LogP contribution in [0.4, 0.5) is 14.5 Å². The van der Waals surface area contributed by atoms with E-state index in [-0.39, 0.29) is 18.1 Å². The minimum atomic E-state index is -2.87. The molecule has 2 atom stereocenters. The zero-order valence-electron chi connectivity index (χ0n) is 13.5. The molecule has 2 N–H and O–H groups in total. The van der Waals surface area contributed by atoms with Crippen LogP contribution in [0.2, 0.25) is 0 Å². The first-order valence-electron chi connectivity index (χ1n) is 7.43. The van der Waals surface area contributed by atoms with E-state index in [0.717, 1.165) is 0 Å². The molecule has 0 saturated carbocycles. The summed E-state index contributed by atoms with van der Waals surface area (Å²) in [6, 6.07) is -0.217. The van der Waals surface area contributed by atoms with Crippen molar-refractivity contribution in [2.24, 2.45) is 10.7 Å². The molecule has 2 aliphatic heterocycles. The van der Waals surface area contributed by atoms with Gasteiger partial charge in [-0.3, -0.25) is 0 Å². The van der Waals surface area contributed by atoms with Crippen molar-refractivity contribution in [1.29, 1.82) is 0 Å². The van der Waals surface area contributed by atoms with Gasteiger partial charge in [-0.05, 0) is 13.0 Å². The minimum absolute atomic E-state index is 0.0461. The number of rotatable bonds is 1. The monoisotopic (exact) mass is 326 g/mol. The lowest BCUT2D eigenvalue weighted by Crippen LogP contribution is -2.46. The fraction of sp³-hybridized carbons (Fsp3) is 0.533. The van der Waals surface area contributed by atoms with Gasteiger partial charge in [0.2, 0.25) is 0 Å². The van der Waals surface area contributed by atoms with Crippen LogP contribution in [0.25, 0.3) is 0 Å². The summed E-state index contributed by atoms with van der Waals surface area (Å²) >= 11 is 0. The van der Waals surface area contributed by atoms with Gasteiger partial charge < -0.3 is 15.4 Å². The van der Waals surface area contributed by atoms with Crippen molar-refractivity contribution < 1.29 is 18.3 Å². The number of hydrogen-bond acceptors (Lipinski definition) is 6. The Morgan fingerprint density at radius 1 is 1.48 bits per heavy atom. The lowest BCUT2D eigenvalue weighted by Gasteiger charge is -2.33. The molecule has 6 nitrogen and oxygen atoms in total. The third-order valence-corrected chi connectivity index (χ3v) is 4.00. The fourth-order valence-corrected chi connectivity index (χ4v) is 2.84. The van der Waals surface area contributed by atoms with E-state index in [1.807, 2.05) is 13.8 Å². The topological polar surface area (TPSA) is 80.8 Å². The van der Waals surface area contributed by atoms with Crippen LogP contribution in [-0.2, 0) is 4.74 Å². The van der Waals surface area contributed by atoms with Gasteiger partial charge in [-0.25, -0.2) is 23.6 Å². The molecule has 0 aliphatic carbocycles. The summed E-state index contributed by atoms with van der Waals surface area (Å²) in [4.78, 5) is 21.0. The van der Waals surface area contributed by atoms with Crippen molar-refractivity contribution in [2.45, 2.75) is 45.2 Å². The van der Waals surface area contributed by atoms with Gasteiger partial charge in [0.25, 0.3) is 5.92 Å². The van der Waals surface area contributed by atoms with Crippen LogP contribution in [0.15, 0.2) is 17.3 Å². The molecular formula is C15H20F2N4O2. The zero-order chi connectivity index (χ0) is 17.4. The van der Waals surface area contributed by atoms with Crippen molar-refractivity contribution in [3.63, 3.8) is 0 Å². The molecule has 2 aliphatic rings. The quantitative estimate of drug-likeness (QED) is 0.802. The summed E-state index contributed by atoms with van der Waals surface area (Å²) in [6.07, 6.45) is 0.981. The number of guanidine groups is 1. The number of aliphatic imine (C=N–C) groups is 1. The number of halogens is 2. The van der Waals surface area contributed by atoms with Crippen LogP contribution >= 0.6 is 0 Å². The minimum Gasteiger partial charge on any atom is -0.464 e. The van der Waals surface area contributed by atoms with Gasteiger partial charge >= 0.3 is 5.97 Å². The molecule has 1 aromatic heterocycles. The van der Waals surface area contributed by atoms with Crippen molar-refractivity contribution in [2.75, 3.05) is 7.11 Å². The molecule has 1 saturated heterocycles. The Hall–Kier alpha value is -2.25. The summed E-state index contributed by atoms with van der Waals surface area (Å²) in [5.74, 6) is -3.45. The van der Waals surface area contributed by atoms with Gasteiger partial charge in [0.15, 0.2) is 5.96 Å². The van der Waals surface area contributed by atoms with E-state index in [0.29, 0.717) is 11.3 Å². The van der Waals surface area contributed by atoms with Gasteiger partial charge in [-0.15, -0.1) is 0 Å². The molecule has 1 aromatic rings. The van der Waals surface area contributed by atoms with Crippen molar-refractivity contribution in [1.82, 2.24) is 9.88 Å². The van der Waals surface area contributed by atoms with Crippen molar-refractivity contribution in [3.05, 3.63) is 23.5 Å². The Balaban J connectivity index is 0.000000924. The highest BCUT2D eigenvalue weighted by Gasteiger charge is 2.54. The molecule has 3 heterocycles. The van der Waals surface area contributed by atoms with Gasteiger partial charge in [0.1, 0.15) is 5.69 Å². The number of nitrogens with two attached hydrogens (primary N) is 1. The van der Waals surface area contributed by atoms with E-state index in [1.54, 1.807) is 0 Å². The van der Waals surface area contributed by atoms with Crippen molar-refractivity contribution >= 4 is 17.6 Å². The number of nitrogens with zero attached hydrogens (tertiary/aromatic N) is 3. The largest absolute Gasteiger partial charge is 0.464 e. The lowest BCUT2D eigenvalue weighted by atomic mass is 10.0. The SMILES string of the molecule is CC.COC(=O)c1cc2c(cn1)N=C(N)N1C2CC(F)(F)[C@@H]1C. The molecule has 1 fully saturated rings. The first-order valence-corrected chi connectivity index (χ1v) is 7.43. The number of carbonyl (C=O) groups excluding carboxylic acids is 1. The van der Waals surface area contributed by atoms with E-state index in [2.05, 4.69) is 14.7 Å². The zero-order valence-corrected chi connectivity index (χ0v) is 13.5. The number of alkyl halides is 2. The predicted molar refractivity (Wildman–Crippen MR) is 81.8 cm³/mol. The average molecular weight is 326 g/mol. The summed E-state index contributed by atoms with van der Waals surface area (Å²) < 4.78 is 32.5. The van der Waals surface area contributed by atoms with Crippen LogP contribution in [-0.4, -0.2) is 40.9 Å². The normalized spacial score (nSPS) is 23.9. The van der Waals surface area contributed by atoms with E-state index in [4.69, 9.17) is 5.73 Å². The highest BCUT2D eigenvalue weighted by Crippen LogP contribution is 2.49. The van der Waals surface area contributed by atoms with Crippen molar-refractivity contribution in [3.8, 4) is 0 Å². The molecule has 0 bridgehead atoms. The summed E-state index contributed by atoms with van der Waals surface area (Å²) in [5, 5.41) is 0. The Bertz CT molecular complexity index is 648. The van der Waals surface area contributed by atoms with Gasteiger partial charge in [-0.2, -0.15) is 0 Å². The molecule has 126 valence electrons. The molecule has 0 aromatic carbocycles. The number of hydrogen-bond donors (Lipinski definition) is 1. The summed E-state index contributed by atoms with van der Waals surface area (Å²) in [5.41, 5.74) is 6.78. The lowest BCUT2D eigenvalue weighted by molar-refractivity contribution is -0.0169. The average Bonchev–Trinajstić information content (AvgIpc) is 2.79. The maximum absolute atomic E-state index is 14.0. The standard InChI is InChI=1S/C13H14F2N4O2.C2H6/c1-6-13(14,15)4-10-7-3-8(11(20)21-2)17-5-9(7)18-12(16)19(6)10;1-2/h3,5-6,10H,4H2,1-2H3,(H2,16,18);1-2H3/t6-,10?;/m0./s1. The molecule has 8 heteroatoms. The third-order valence-electron chi connectivity index (χ3n) is 4.00. The number of fused-ring (bicyclic) bond motifs is 3. The molecule has 0 amide bonds. The van der Waals surface area contributed by atoms with E-state index >= 15 is 0 Å². The van der Waals surface area contributed by atoms with Gasteiger partial charge in [-0.1, -0.05) is 13.8 Å². The number of aromatic nitrogens is 1. The molecule has 0 radical (unpaired) electrons. The second-order valence-electron chi connectivity index (χ2n) is 5.15. The second-order valence-corrected chi connectivity index (χ2v) is 5.15. The molecular weight excluding hydrogens is 306 g/mol. The first kappa shape index (κ1) is 17.1. The van der Waals surface area contributed by atoms with Crippen LogP contribution in [0.3, 0.4) is 0 Å². The summed E-state index contributed by atoms with van der Waals surface area (Å²) in [7, 11) is 1.23. The van der Waals surface area contributed by atoms with Crippen LogP contribution in [0.5, 0.6) is 0 Å². The van der Waals surface area contributed by atoms with Gasteiger partial charge in [0, 0.05) is 12.0 Å². The van der Waals surface area contributed by atoms with Crippen LogP contribution < -0.4 is 5.73 Å². The maximum Gasteiger partial charge on any atom is 0.356 e. The highest BCUT2D eigenvalue weighted by atomic mass is 19.3. The molecule has 3 rings (SSSR count). The number of esters is 1. The predicted octanol–water partition coefficient (Wildman–Crippen LogP) is 2.62. The smallest absolute Gasteiger partial charge is 0.356 e. The third kappa shape index (κ3) is 2.73. The molecule has 0 spiro atoms. The second kappa shape index (κ2) is 6.10. The number of methoxy groups -OCH3 is 1. The Morgan fingerprint density at radius 3 is 2.74 bits per heavy atom. The molecule has 23 heavy (non-hydrogen) atoms. The van der Waals surface area contributed by atoms with E-state index in [9.17, 15) is 13.6 Å². The maximum atomic E-state index is 14.0. The summed E-state index contributed by atoms with van der Waals surface area (Å²) in [6.45, 7) is 5.41. The Morgan fingerprint density at radius 2 is 2.13 bits per heavy atom. The first-order chi connectivity index (χ1) is 10.8. The van der Waals surface area contributed by atoms with Gasteiger partial charge in [0.05, 0.1) is 31.1 Å². The van der Waals surface area contributed by atoms with Crippen LogP contribution in [0, 0.1) is 0 Å². The van der Waals surface area contributed by atoms with E-state index in [1.165, 1.54) is 31.2 Å². The fourth-order valence-electron chi connectivity index (χ4n) is 2.84. The number of pyridine rings is 1. The van der Waals surface area contributed by atoms with Crippen LogP contribution in [0.1, 0.15) is 49.3 Å². The number of ether oxygens (including phenoxy) is 1. The Kier molecular flexibility index (Phi) is 4.53.